The van der Waals surface area contributed by atoms with E-state index in [-0.39, 0.29) is 0 Å². The summed E-state index contributed by atoms with van der Waals surface area (Å²) in [6.07, 6.45) is 6.91. The SMILES string of the molecule is c1cc2c(nc1NCCCCC1CC1)OCCNC2. The second-order valence-electron chi connectivity index (χ2n) is 5.55. The van der Waals surface area contributed by atoms with E-state index in [9.17, 15) is 0 Å². The molecule has 2 N–H and O–H groups in total. The molecule has 0 amide bonds. The summed E-state index contributed by atoms with van der Waals surface area (Å²) in [5.74, 6) is 2.77. The summed E-state index contributed by atoms with van der Waals surface area (Å²) in [6, 6.07) is 4.16. The van der Waals surface area contributed by atoms with Crippen molar-refractivity contribution in [1.29, 1.82) is 0 Å². The fourth-order valence-electron chi connectivity index (χ4n) is 2.45. The Kier molecular flexibility index (Phi) is 4.18. The molecule has 1 saturated carbocycles. The molecule has 1 fully saturated rings. The second kappa shape index (κ2) is 6.24. The number of unbranched alkanes of at least 4 members (excludes halogenated alkanes) is 1. The van der Waals surface area contributed by atoms with E-state index in [1.807, 2.05) is 0 Å². The molecule has 0 unspecified atom stereocenters. The van der Waals surface area contributed by atoms with Crippen LogP contribution in [0.4, 0.5) is 5.82 Å². The molecular weight excluding hydrogens is 238 g/mol. The summed E-state index contributed by atoms with van der Waals surface area (Å²) in [5.41, 5.74) is 1.15. The minimum atomic E-state index is 0.699. The Morgan fingerprint density at radius 1 is 1.32 bits per heavy atom. The van der Waals surface area contributed by atoms with Gasteiger partial charge in [0.25, 0.3) is 0 Å². The zero-order chi connectivity index (χ0) is 12.9. The summed E-state index contributed by atoms with van der Waals surface area (Å²) < 4.78 is 5.64. The molecule has 0 bridgehead atoms. The van der Waals surface area contributed by atoms with Crippen molar-refractivity contribution in [2.45, 2.75) is 38.6 Å². The van der Waals surface area contributed by atoms with Crippen molar-refractivity contribution in [3.8, 4) is 5.88 Å². The van der Waals surface area contributed by atoms with Crippen LogP contribution in [-0.2, 0) is 6.54 Å². The molecule has 1 aromatic rings. The van der Waals surface area contributed by atoms with Gasteiger partial charge in [0.2, 0.25) is 5.88 Å². The van der Waals surface area contributed by atoms with E-state index >= 15 is 0 Å². The smallest absolute Gasteiger partial charge is 0.219 e. The van der Waals surface area contributed by atoms with Gasteiger partial charge in [0, 0.05) is 25.2 Å². The van der Waals surface area contributed by atoms with E-state index < -0.39 is 0 Å². The number of nitrogens with one attached hydrogen (secondary N) is 2. The van der Waals surface area contributed by atoms with Crippen molar-refractivity contribution >= 4 is 5.82 Å². The molecule has 4 heteroatoms. The molecule has 1 aromatic heterocycles. The van der Waals surface area contributed by atoms with Crippen molar-refractivity contribution in [1.82, 2.24) is 10.3 Å². The summed E-state index contributed by atoms with van der Waals surface area (Å²) in [4.78, 5) is 4.55. The number of anilines is 1. The first-order valence-corrected chi connectivity index (χ1v) is 7.49. The predicted molar refractivity (Wildman–Crippen MR) is 76.5 cm³/mol. The highest BCUT2D eigenvalue weighted by molar-refractivity contribution is 5.41. The molecule has 0 saturated heterocycles. The molecule has 0 spiro atoms. The topological polar surface area (TPSA) is 46.2 Å². The quantitative estimate of drug-likeness (QED) is 0.773. The zero-order valence-corrected chi connectivity index (χ0v) is 11.5. The van der Waals surface area contributed by atoms with Crippen LogP contribution >= 0.6 is 0 Å². The third-order valence-corrected chi connectivity index (χ3v) is 3.81. The molecule has 1 aliphatic carbocycles. The van der Waals surface area contributed by atoms with Crippen LogP contribution in [-0.4, -0.2) is 24.7 Å². The van der Waals surface area contributed by atoms with Gasteiger partial charge in [-0.15, -0.1) is 0 Å². The van der Waals surface area contributed by atoms with Crippen LogP contribution in [0.15, 0.2) is 12.1 Å². The molecule has 2 aliphatic rings. The highest BCUT2D eigenvalue weighted by Crippen LogP contribution is 2.33. The molecule has 2 heterocycles. The van der Waals surface area contributed by atoms with Gasteiger partial charge >= 0.3 is 0 Å². The minimum Gasteiger partial charge on any atom is -0.476 e. The van der Waals surface area contributed by atoms with Crippen LogP contribution in [0, 0.1) is 5.92 Å². The normalized spacial score (nSPS) is 18.3. The summed E-state index contributed by atoms with van der Waals surface area (Å²) in [5, 5.41) is 6.71. The average molecular weight is 261 g/mol. The van der Waals surface area contributed by atoms with Gasteiger partial charge in [-0.2, -0.15) is 4.98 Å². The lowest BCUT2D eigenvalue weighted by atomic mass is 10.2. The molecule has 3 rings (SSSR count). The third-order valence-electron chi connectivity index (χ3n) is 3.81. The Balaban J connectivity index is 1.45. The van der Waals surface area contributed by atoms with Gasteiger partial charge < -0.3 is 15.4 Å². The Labute approximate surface area is 115 Å². The Bertz CT molecular complexity index is 418. The van der Waals surface area contributed by atoms with Crippen molar-refractivity contribution < 1.29 is 4.74 Å². The lowest BCUT2D eigenvalue weighted by molar-refractivity contribution is 0.314. The van der Waals surface area contributed by atoms with E-state index in [0.717, 1.165) is 42.8 Å². The Morgan fingerprint density at radius 3 is 3.16 bits per heavy atom. The molecule has 0 radical (unpaired) electrons. The van der Waals surface area contributed by atoms with Crippen molar-refractivity contribution in [2.75, 3.05) is 25.0 Å². The van der Waals surface area contributed by atoms with E-state index in [1.165, 1.54) is 32.1 Å². The van der Waals surface area contributed by atoms with Crippen LogP contribution in [0.1, 0.15) is 37.7 Å². The van der Waals surface area contributed by atoms with Crippen LogP contribution in [0.3, 0.4) is 0 Å². The second-order valence-corrected chi connectivity index (χ2v) is 5.55. The van der Waals surface area contributed by atoms with Crippen LogP contribution in [0.25, 0.3) is 0 Å². The maximum atomic E-state index is 5.64. The van der Waals surface area contributed by atoms with Gasteiger partial charge in [-0.1, -0.05) is 25.7 Å². The van der Waals surface area contributed by atoms with Gasteiger partial charge in [-0.05, 0) is 24.5 Å². The molecule has 4 nitrogen and oxygen atoms in total. The zero-order valence-electron chi connectivity index (χ0n) is 11.5. The highest BCUT2D eigenvalue weighted by atomic mass is 16.5. The average Bonchev–Trinajstić information content (AvgIpc) is 3.24. The van der Waals surface area contributed by atoms with E-state index in [1.54, 1.807) is 0 Å². The van der Waals surface area contributed by atoms with Crippen molar-refractivity contribution in [2.24, 2.45) is 5.92 Å². The largest absolute Gasteiger partial charge is 0.476 e. The molecule has 1 aliphatic heterocycles. The van der Waals surface area contributed by atoms with Crippen LogP contribution < -0.4 is 15.4 Å². The van der Waals surface area contributed by atoms with E-state index in [2.05, 4.69) is 27.8 Å². The first kappa shape index (κ1) is 12.7. The van der Waals surface area contributed by atoms with Gasteiger partial charge in [-0.25, -0.2) is 0 Å². The van der Waals surface area contributed by atoms with E-state index in [4.69, 9.17) is 4.74 Å². The summed E-state index contributed by atoms with van der Waals surface area (Å²) in [7, 11) is 0. The Morgan fingerprint density at radius 2 is 2.26 bits per heavy atom. The van der Waals surface area contributed by atoms with Gasteiger partial charge in [0.15, 0.2) is 0 Å². The number of rotatable bonds is 6. The van der Waals surface area contributed by atoms with Gasteiger partial charge in [0.1, 0.15) is 12.4 Å². The number of fused-ring (bicyclic) bond motifs is 1. The maximum absolute atomic E-state index is 5.64. The number of hydrogen-bond donors (Lipinski definition) is 2. The third kappa shape index (κ3) is 3.83. The standard InChI is InChI=1S/C15H23N3O/c1(3-12-4-5-12)2-8-17-14-7-6-13-11-16-9-10-19-15(13)18-14/h6-7,12,16H,1-5,8-11H2,(H,17,18). The number of ether oxygens (including phenoxy) is 1. The van der Waals surface area contributed by atoms with Gasteiger partial charge in [0.05, 0.1) is 0 Å². The molecule has 104 valence electrons. The minimum absolute atomic E-state index is 0.699. The van der Waals surface area contributed by atoms with Crippen LogP contribution in [0.2, 0.25) is 0 Å². The Hall–Kier alpha value is -1.29. The highest BCUT2D eigenvalue weighted by Gasteiger charge is 2.19. The molecule has 19 heavy (non-hydrogen) atoms. The number of aromatic nitrogens is 1. The fourth-order valence-corrected chi connectivity index (χ4v) is 2.45. The summed E-state index contributed by atoms with van der Waals surface area (Å²) >= 11 is 0. The number of pyridine rings is 1. The lowest BCUT2D eigenvalue weighted by Gasteiger charge is -2.09. The maximum Gasteiger partial charge on any atom is 0.219 e. The molecule has 0 aromatic carbocycles. The van der Waals surface area contributed by atoms with Crippen molar-refractivity contribution in [3.05, 3.63) is 17.7 Å². The summed E-state index contributed by atoms with van der Waals surface area (Å²) in [6.45, 7) is 3.45. The monoisotopic (exact) mass is 261 g/mol. The molecule has 0 atom stereocenters. The fraction of sp³-hybridized carbons (Fsp3) is 0.667. The number of hydrogen-bond acceptors (Lipinski definition) is 4. The first-order valence-electron chi connectivity index (χ1n) is 7.49. The van der Waals surface area contributed by atoms with Crippen molar-refractivity contribution in [3.63, 3.8) is 0 Å². The van der Waals surface area contributed by atoms with E-state index in [0.29, 0.717) is 6.61 Å². The first-order chi connectivity index (χ1) is 9.42. The number of nitrogens with zero attached hydrogens (tertiary/aromatic N) is 1. The lowest BCUT2D eigenvalue weighted by Crippen LogP contribution is -2.16. The van der Waals surface area contributed by atoms with Crippen LogP contribution in [0.5, 0.6) is 5.88 Å². The van der Waals surface area contributed by atoms with Gasteiger partial charge in [-0.3, -0.25) is 0 Å². The molecular formula is C15H23N3O. The predicted octanol–water partition coefficient (Wildman–Crippen LogP) is 2.56.